The first-order valence-corrected chi connectivity index (χ1v) is 11.7. The van der Waals surface area contributed by atoms with Crippen molar-refractivity contribution >= 4 is 0 Å². The second-order valence-corrected chi connectivity index (χ2v) is 8.83. The Morgan fingerprint density at radius 2 is 1.78 bits per heavy atom. The van der Waals surface area contributed by atoms with Gasteiger partial charge in [-0.05, 0) is 68.9 Å². The lowest BCUT2D eigenvalue weighted by molar-refractivity contribution is -0.270. The number of hydrogen-bond acceptors (Lipinski definition) is 3. The van der Waals surface area contributed by atoms with Gasteiger partial charge in [-0.3, -0.25) is 0 Å². The van der Waals surface area contributed by atoms with Crippen molar-refractivity contribution in [2.24, 2.45) is 5.92 Å². The SMILES string of the molecule is CCCC1CCC(c2ccc(OC(F)(F)C3CCC(OCC)CO3)c(C(F)F)c2F)CC1. The summed E-state index contributed by atoms with van der Waals surface area (Å²) in [5.74, 6) is -1.57. The van der Waals surface area contributed by atoms with Crippen LogP contribution in [0, 0.1) is 11.7 Å². The van der Waals surface area contributed by atoms with E-state index in [1.807, 2.05) is 0 Å². The Morgan fingerprint density at radius 1 is 1.06 bits per heavy atom. The molecule has 0 spiro atoms. The summed E-state index contributed by atoms with van der Waals surface area (Å²) >= 11 is 0. The van der Waals surface area contributed by atoms with Crippen molar-refractivity contribution in [1.29, 1.82) is 0 Å². The van der Waals surface area contributed by atoms with Crippen molar-refractivity contribution < 1.29 is 36.2 Å². The number of rotatable bonds is 9. The summed E-state index contributed by atoms with van der Waals surface area (Å²) in [6, 6.07) is 2.38. The third kappa shape index (κ3) is 5.93. The predicted molar refractivity (Wildman–Crippen MR) is 111 cm³/mol. The smallest absolute Gasteiger partial charge is 0.424 e. The Bertz CT molecular complexity index is 727. The van der Waals surface area contributed by atoms with Gasteiger partial charge in [0, 0.05) is 6.61 Å². The van der Waals surface area contributed by atoms with Crippen molar-refractivity contribution in [2.45, 2.75) is 95.9 Å². The molecule has 1 aromatic carbocycles. The molecule has 2 fully saturated rings. The highest BCUT2D eigenvalue weighted by Crippen LogP contribution is 2.43. The average Bonchev–Trinajstić information content (AvgIpc) is 2.75. The summed E-state index contributed by atoms with van der Waals surface area (Å²) in [6.45, 7) is 4.32. The molecule has 2 unspecified atom stereocenters. The standard InChI is InChI=1S/C24H33F5O3/c1-3-5-15-6-8-16(9-7-15)18-11-12-19(21(22(18)25)23(26)27)32-24(28,29)20-13-10-17(14-31-20)30-4-2/h11-12,15-17,20,23H,3-10,13-14H2,1-2H3. The van der Waals surface area contributed by atoms with E-state index in [9.17, 15) is 17.6 Å². The van der Waals surface area contributed by atoms with Gasteiger partial charge in [0.1, 0.15) is 11.6 Å². The zero-order chi connectivity index (χ0) is 23.3. The zero-order valence-electron chi connectivity index (χ0n) is 18.7. The Morgan fingerprint density at radius 3 is 2.34 bits per heavy atom. The van der Waals surface area contributed by atoms with Crippen LogP contribution >= 0.6 is 0 Å². The molecule has 3 rings (SSSR count). The van der Waals surface area contributed by atoms with Crippen LogP contribution in [0.15, 0.2) is 12.1 Å². The molecule has 1 aliphatic carbocycles. The summed E-state index contributed by atoms with van der Waals surface area (Å²) in [7, 11) is 0. The number of halogens is 5. The van der Waals surface area contributed by atoms with E-state index >= 15 is 4.39 Å². The van der Waals surface area contributed by atoms with Gasteiger partial charge in [0.15, 0.2) is 6.10 Å². The molecule has 1 aliphatic heterocycles. The minimum atomic E-state index is -3.87. The summed E-state index contributed by atoms with van der Waals surface area (Å²) < 4.78 is 87.2. The minimum absolute atomic E-state index is 0.0346. The molecule has 1 aromatic rings. The topological polar surface area (TPSA) is 27.7 Å². The van der Waals surface area contributed by atoms with Gasteiger partial charge in [-0.2, -0.15) is 8.78 Å². The molecule has 1 saturated heterocycles. The van der Waals surface area contributed by atoms with Crippen molar-refractivity contribution in [2.75, 3.05) is 13.2 Å². The van der Waals surface area contributed by atoms with Crippen LogP contribution in [0.3, 0.4) is 0 Å². The maximum absolute atomic E-state index is 15.1. The molecular weight excluding hydrogens is 431 g/mol. The van der Waals surface area contributed by atoms with Crippen LogP contribution in [0.2, 0.25) is 0 Å². The molecule has 0 radical (unpaired) electrons. The molecule has 32 heavy (non-hydrogen) atoms. The van der Waals surface area contributed by atoms with E-state index in [-0.39, 0.29) is 30.6 Å². The van der Waals surface area contributed by atoms with E-state index in [1.165, 1.54) is 6.07 Å². The second-order valence-electron chi connectivity index (χ2n) is 8.83. The summed E-state index contributed by atoms with van der Waals surface area (Å²) in [5, 5.41) is 0. The van der Waals surface area contributed by atoms with Gasteiger partial charge >= 0.3 is 6.11 Å². The van der Waals surface area contributed by atoms with Gasteiger partial charge in [0.05, 0.1) is 18.3 Å². The number of hydrogen-bond donors (Lipinski definition) is 0. The lowest BCUT2D eigenvalue weighted by atomic mass is 9.77. The van der Waals surface area contributed by atoms with E-state index in [1.54, 1.807) is 6.92 Å². The minimum Gasteiger partial charge on any atom is -0.430 e. The first kappa shape index (κ1) is 25.2. The summed E-state index contributed by atoms with van der Waals surface area (Å²) in [4.78, 5) is 0. The maximum atomic E-state index is 15.1. The number of benzene rings is 1. The van der Waals surface area contributed by atoms with E-state index in [0.29, 0.717) is 31.8 Å². The summed E-state index contributed by atoms with van der Waals surface area (Å²) in [5.41, 5.74) is -0.930. The quantitative estimate of drug-likeness (QED) is 0.357. The fourth-order valence-electron chi connectivity index (χ4n) is 4.94. The molecule has 8 heteroatoms. The Kier molecular flexibility index (Phi) is 8.78. The van der Waals surface area contributed by atoms with Crippen LogP contribution < -0.4 is 4.74 Å². The molecule has 2 aliphatic rings. The average molecular weight is 465 g/mol. The van der Waals surface area contributed by atoms with Gasteiger partial charge < -0.3 is 14.2 Å². The molecule has 0 amide bonds. The fraction of sp³-hybridized carbons (Fsp3) is 0.750. The van der Waals surface area contributed by atoms with E-state index in [4.69, 9.17) is 9.47 Å². The Balaban J connectivity index is 1.74. The molecule has 1 saturated carbocycles. The van der Waals surface area contributed by atoms with Crippen molar-refractivity contribution in [1.82, 2.24) is 0 Å². The van der Waals surface area contributed by atoms with Crippen molar-refractivity contribution in [3.05, 3.63) is 29.1 Å². The first-order valence-electron chi connectivity index (χ1n) is 11.7. The number of alkyl halides is 4. The largest absolute Gasteiger partial charge is 0.430 e. The molecule has 182 valence electrons. The highest BCUT2D eigenvalue weighted by Gasteiger charge is 2.46. The van der Waals surface area contributed by atoms with Crippen LogP contribution in [0.1, 0.15) is 88.7 Å². The normalized spacial score (nSPS) is 27.0. The zero-order valence-corrected chi connectivity index (χ0v) is 18.7. The third-order valence-corrected chi connectivity index (χ3v) is 6.63. The lowest BCUT2D eigenvalue weighted by Gasteiger charge is -2.34. The lowest BCUT2D eigenvalue weighted by Crippen LogP contribution is -2.46. The molecule has 0 bridgehead atoms. The van der Waals surface area contributed by atoms with Crippen LogP contribution in [0.5, 0.6) is 5.75 Å². The van der Waals surface area contributed by atoms with Gasteiger partial charge in [-0.1, -0.05) is 25.8 Å². The van der Waals surface area contributed by atoms with Gasteiger partial charge in [-0.15, -0.1) is 0 Å². The van der Waals surface area contributed by atoms with Crippen molar-refractivity contribution in [3.63, 3.8) is 0 Å². The molecule has 1 heterocycles. The summed E-state index contributed by atoms with van der Waals surface area (Å²) in [6.07, 6.45) is -3.32. The fourth-order valence-corrected chi connectivity index (χ4v) is 4.94. The van der Waals surface area contributed by atoms with Crippen LogP contribution in [-0.4, -0.2) is 31.5 Å². The van der Waals surface area contributed by atoms with E-state index in [2.05, 4.69) is 11.7 Å². The van der Waals surface area contributed by atoms with Gasteiger partial charge in [0.25, 0.3) is 6.43 Å². The van der Waals surface area contributed by atoms with Gasteiger partial charge in [0.2, 0.25) is 0 Å². The van der Waals surface area contributed by atoms with E-state index < -0.39 is 35.8 Å². The maximum Gasteiger partial charge on any atom is 0.424 e. The predicted octanol–water partition coefficient (Wildman–Crippen LogP) is 7.39. The number of ether oxygens (including phenoxy) is 3. The van der Waals surface area contributed by atoms with Crippen LogP contribution in [-0.2, 0) is 9.47 Å². The highest BCUT2D eigenvalue weighted by atomic mass is 19.3. The molecule has 0 aromatic heterocycles. The highest BCUT2D eigenvalue weighted by molar-refractivity contribution is 5.41. The third-order valence-electron chi connectivity index (χ3n) is 6.63. The molecule has 0 N–H and O–H groups in total. The molecular formula is C24H33F5O3. The van der Waals surface area contributed by atoms with Crippen LogP contribution in [0.4, 0.5) is 22.0 Å². The molecule has 2 atom stereocenters. The Hall–Kier alpha value is -1.41. The molecule has 3 nitrogen and oxygen atoms in total. The van der Waals surface area contributed by atoms with Gasteiger partial charge in [-0.25, -0.2) is 13.2 Å². The van der Waals surface area contributed by atoms with Crippen molar-refractivity contribution in [3.8, 4) is 5.75 Å². The monoisotopic (exact) mass is 464 g/mol. The Labute approximate surface area is 186 Å². The second kappa shape index (κ2) is 11.1. The van der Waals surface area contributed by atoms with Crippen LogP contribution in [0.25, 0.3) is 0 Å². The first-order chi connectivity index (χ1) is 15.3. The van der Waals surface area contributed by atoms with E-state index in [0.717, 1.165) is 31.7 Å².